The molecule has 1 aromatic carbocycles. The second kappa shape index (κ2) is 6.90. The zero-order valence-electron chi connectivity index (χ0n) is 11.2. The molecule has 0 aliphatic heterocycles. The minimum absolute atomic E-state index is 0.0400. The first-order valence-electron chi connectivity index (χ1n) is 6.45. The Bertz CT molecular complexity index is 468. The van der Waals surface area contributed by atoms with Crippen LogP contribution >= 0.6 is 0 Å². The topological polar surface area (TPSA) is 60.2 Å². The normalized spacial score (nSPS) is 13.5. The fourth-order valence-electron chi connectivity index (χ4n) is 1.93. The fourth-order valence-corrected chi connectivity index (χ4v) is 2.83. The summed E-state index contributed by atoms with van der Waals surface area (Å²) in [7, 11) is -2.85. The van der Waals surface area contributed by atoms with Crippen LogP contribution < -0.4 is 5.73 Å². The molecule has 0 aromatic heterocycles. The van der Waals surface area contributed by atoms with Crippen molar-refractivity contribution in [3.05, 3.63) is 35.4 Å². The van der Waals surface area contributed by atoms with Crippen molar-refractivity contribution >= 4 is 9.84 Å². The third-order valence-corrected chi connectivity index (χ3v) is 5.00. The number of benzene rings is 1. The highest BCUT2D eigenvalue weighted by atomic mass is 32.2. The molecule has 1 atom stereocenters. The van der Waals surface area contributed by atoms with Gasteiger partial charge in [-0.05, 0) is 37.3 Å². The van der Waals surface area contributed by atoms with Gasteiger partial charge in [-0.2, -0.15) is 0 Å². The van der Waals surface area contributed by atoms with Crippen molar-refractivity contribution < 1.29 is 8.42 Å². The summed E-state index contributed by atoms with van der Waals surface area (Å²) < 4.78 is 22.7. The van der Waals surface area contributed by atoms with E-state index in [1.54, 1.807) is 6.92 Å². The lowest BCUT2D eigenvalue weighted by Crippen LogP contribution is -2.24. The van der Waals surface area contributed by atoms with Crippen LogP contribution in [0.25, 0.3) is 0 Å². The summed E-state index contributed by atoms with van der Waals surface area (Å²) >= 11 is 0. The van der Waals surface area contributed by atoms with Crippen molar-refractivity contribution in [2.45, 2.75) is 39.2 Å². The van der Waals surface area contributed by atoms with Gasteiger partial charge < -0.3 is 5.73 Å². The monoisotopic (exact) mass is 269 g/mol. The van der Waals surface area contributed by atoms with E-state index < -0.39 is 9.84 Å². The summed E-state index contributed by atoms with van der Waals surface area (Å²) in [6, 6.07) is 8.22. The van der Waals surface area contributed by atoms with E-state index in [-0.39, 0.29) is 17.5 Å². The van der Waals surface area contributed by atoms with Gasteiger partial charge in [0.2, 0.25) is 0 Å². The third kappa shape index (κ3) is 5.19. The summed E-state index contributed by atoms with van der Waals surface area (Å²) in [6.07, 6.45) is 2.23. The van der Waals surface area contributed by atoms with Crippen LogP contribution in [0.1, 0.15) is 30.9 Å². The maximum atomic E-state index is 11.4. The molecule has 18 heavy (non-hydrogen) atoms. The molecule has 0 amide bonds. The van der Waals surface area contributed by atoms with Gasteiger partial charge in [0.25, 0.3) is 0 Å². The summed E-state index contributed by atoms with van der Waals surface area (Å²) in [4.78, 5) is 0. The molecule has 1 rings (SSSR count). The molecule has 4 heteroatoms. The van der Waals surface area contributed by atoms with E-state index in [9.17, 15) is 8.42 Å². The van der Waals surface area contributed by atoms with E-state index in [0.717, 1.165) is 12.8 Å². The van der Waals surface area contributed by atoms with Gasteiger partial charge in [0.15, 0.2) is 0 Å². The quantitative estimate of drug-likeness (QED) is 0.824. The average molecular weight is 269 g/mol. The van der Waals surface area contributed by atoms with E-state index in [1.807, 2.05) is 12.1 Å². The van der Waals surface area contributed by atoms with Crippen LogP contribution in [0.2, 0.25) is 0 Å². The Morgan fingerprint density at radius 1 is 1.28 bits per heavy atom. The Hall–Kier alpha value is -0.870. The Morgan fingerprint density at radius 3 is 2.56 bits per heavy atom. The van der Waals surface area contributed by atoms with Gasteiger partial charge >= 0.3 is 0 Å². The lowest BCUT2D eigenvalue weighted by atomic mass is 9.99. The van der Waals surface area contributed by atoms with Crippen LogP contribution in [0.3, 0.4) is 0 Å². The van der Waals surface area contributed by atoms with Crippen molar-refractivity contribution in [2.75, 3.05) is 11.5 Å². The molecule has 0 heterocycles. The van der Waals surface area contributed by atoms with Gasteiger partial charge in [-0.1, -0.05) is 31.2 Å². The number of hydrogen-bond acceptors (Lipinski definition) is 3. The number of rotatable bonds is 7. The van der Waals surface area contributed by atoms with Crippen LogP contribution in [-0.4, -0.2) is 26.0 Å². The molecular formula is C14H23NO2S. The van der Waals surface area contributed by atoms with Crippen LogP contribution in [-0.2, 0) is 16.3 Å². The minimum atomic E-state index is -2.85. The number of hydrogen-bond donors (Lipinski definition) is 1. The molecule has 102 valence electrons. The van der Waals surface area contributed by atoms with Crippen molar-refractivity contribution in [2.24, 2.45) is 5.73 Å². The third-order valence-electron chi connectivity index (χ3n) is 3.21. The van der Waals surface area contributed by atoms with Gasteiger partial charge in [-0.25, -0.2) is 8.42 Å². The highest BCUT2D eigenvalue weighted by Crippen LogP contribution is 2.11. The number of nitrogens with two attached hydrogens (primary N) is 1. The molecule has 0 fully saturated rings. The SMILES string of the molecule is CCS(=O)(=O)CCCC(N)Cc1ccccc1C. The second-order valence-electron chi connectivity index (χ2n) is 4.77. The average Bonchev–Trinajstić information content (AvgIpc) is 2.32. The van der Waals surface area contributed by atoms with Crippen LogP contribution in [0, 0.1) is 6.92 Å². The molecule has 3 nitrogen and oxygen atoms in total. The molecule has 0 bridgehead atoms. The smallest absolute Gasteiger partial charge is 0.150 e. The first kappa shape index (κ1) is 15.2. The van der Waals surface area contributed by atoms with Crippen molar-refractivity contribution in [3.63, 3.8) is 0 Å². The molecule has 0 saturated heterocycles. The first-order valence-corrected chi connectivity index (χ1v) is 8.27. The van der Waals surface area contributed by atoms with Gasteiger partial charge in [-0.15, -0.1) is 0 Å². The molecule has 0 aliphatic carbocycles. The van der Waals surface area contributed by atoms with Crippen LogP contribution in [0.15, 0.2) is 24.3 Å². The lowest BCUT2D eigenvalue weighted by Gasteiger charge is -2.13. The molecular weight excluding hydrogens is 246 g/mol. The summed E-state index contributed by atoms with van der Waals surface area (Å²) in [6.45, 7) is 3.76. The molecule has 2 N–H and O–H groups in total. The molecule has 1 aromatic rings. The highest BCUT2D eigenvalue weighted by molar-refractivity contribution is 7.91. The summed E-state index contributed by atoms with van der Waals surface area (Å²) in [5, 5.41) is 0. The van der Waals surface area contributed by atoms with Gasteiger partial charge in [-0.3, -0.25) is 0 Å². The predicted molar refractivity (Wildman–Crippen MR) is 76.4 cm³/mol. The molecule has 0 saturated carbocycles. The van der Waals surface area contributed by atoms with Crippen molar-refractivity contribution in [1.29, 1.82) is 0 Å². The number of aryl methyl sites for hydroxylation is 1. The Labute approximate surface area is 110 Å². The van der Waals surface area contributed by atoms with E-state index in [4.69, 9.17) is 5.73 Å². The Morgan fingerprint density at radius 2 is 1.94 bits per heavy atom. The molecule has 1 unspecified atom stereocenters. The van der Waals surface area contributed by atoms with Crippen LogP contribution in [0.4, 0.5) is 0 Å². The molecule has 0 radical (unpaired) electrons. The second-order valence-corrected chi connectivity index (χ2v) is 7.24. The standard InChI is InChI=1S/C14H23NO2S/c1-3-18(16,17)10-6-9-14(15)11-13-8-5-4-7-12(13)2/h4-5,7-8,14H,3,6,9-11,15H2,1-2H3. The highest BCUT2D eigenvalue weighted by Gasteiger charge is 2.10. The molecule has 0 spiro atoms. The first-order chi connectivity index (χ1) is 8.44. The van der Waals surface area contributed by atoms with Crippen molar-refractivity contribution in [1.82, 2.24) is 0 Å². The van der Waals surface area contributed by atoms with E-state index in [2.05, 4.69) is 19.1 Å². The van der Waals surface area contributed by atoms with Crippen molar-refractivity contribution in [3.8, 4) is 0 Å². The minimum Gasteiger partial charge on any atom is -0.327 e. The Balaban J connectivity index is 2.39. The maximum Gasteiger partial charge on any atom is 0.150 e. The zero-order chi connectivity index (χ0) is 13.6. The largest absolute Gasteiger partial charge is 0.327 e. The summed E-state index contributed by atoms with van der Waals surface area (Å²) in [5.74, 6) is 0.477. The maximum absolute atomic E-state index is 11.4. The lowest BCUT2D eigenvalue weighted by molar-refractivity contribution is 0.574. The van der Waals surface area contributed by atoms with E-state index >= 15 is 0 Å². The fraction of sp³-hybridized carbons (Fsp3) is 0.571. The zero-order valence-corrected chi connectivity index (χ0v) is 12.0. The molecule has 0 aliphatic rings. The Kier molecular flexibility index (Phi) is 5.82. The summed E-state index contributed by atoms with van der Waals surface area (Å²) in [5.41, 5.74) is 8.55. The van der Waals surface area contributed by atoms with E-state index in [0.29, 0.717) is 6.42 Å². The van der Waals surface area contributed by atoms with Gasteiger partial charge in [0.1, 0.15) is 9.84 Å². The number of sulfone groups is 1. The van der Waals surface area contributed by atoms with Gasteiger partial charge in [0.05, 0.1) is 5.75 Å². The van der Waals surface area contributed by atoms with Crippen LogP contribution in [0.5, 0.6) is 0 Å². The van der Waals surface area contributed by atoms with E-state index in [1.165, 1.54) is 11.1 Å². The predicted octanol–water partition coefficient (Wildman–Crippen LogP) is 2.08. The van der Waals surface area contributed by atoms with Gasteiger partial charge in [0, 0.05) is 11.8 Å².